The molecule has 2 rings (SSSR count). The van der Waals surface area contributed by atoms with E-state index in [-0.39, 0.29) is 0 Å². The highest BCUT2D eigenvalue weighted by Crippen LogP contribution is 2.41. The van der Waals surface area contributed by atoms with Gasteiger partial charge in [-0.1, -0.05) is 19.3 Å². The van der Waals surface area contributed by atoms with Crippen molar-refractivity contribution in [2.75, 3.05) is 0 Å². The largest absolute Gasteiger partial charge is 0.390 e. The molecule has 0 heterocycles. The molecule has 0 amide bonds. The summed E-state index contributed by atoms with van der Waals surface area (Å²) >= 11 is 0. The van der Waals surface area contributed by atoms with Crippen LogP contribution in [0.3, 0.4) is 0 Å². The molecule has 0 bridgehead atoms. The zero-order valence-electron chi connectivity index (χ0n) is 6.74. The molecule has 2 aliphatic carbocycles. The summed E-state index contributed by atoms with van der Waals surface area (Å²) in [5, 5.41) is 18.7. The molecule has 11 heavy (non-hydrogen) atoms. The molecule has 64 valence electrons. The normalized spacial score (nSPS) is 50.7. The van der Waals surface area contributed by atoms with E-state index in [0.29, 0.717) is 11.8 Å². The summed E-state index contributed by atoms with van der Waals surface area (Å²) in [6.45, 7) is 0. The van der Waals surface area contributed by atoms with Crippen molar-refractivity contribution < 1.29 is 10.2 Å². The van der Waals surface area contributed by atoms with Gasteiger partial charge < -0.3 is 10.2 Å². The van der Waals surface area contributed by atoms with Gasteiger partial charge in [0, 0.05) is 0 Å². The van der Waals surface area contributed by atoms with Gasteiger partial charge in [-0.05, 0) is 24.7 Å². The predicted octanol–water partition coefficient (Wildman–Crippen LogP) is 0.918. The lowest BCUT2D eigenvalue weighted by Crippen LogP contribution is -2.36. The number of hydrogen-bond donors (Lipinski definition) is 2. The van der Waals surface area contributed by atoms with Crippen molar-refractivity contribution in [3.63, 3.8) is 0 Å². The average Bonchev–Trinajstić information content (AvgIpc) is 2.36. The van der Waals surface area contributed by atoms with Crippen molar-refractivity contribution in [3.05, 3.63) is 0 Å². The van der Waals surface area contributed by atoms with Gasteiger partial charge in [0.15, 0.2) is 0 Å². The predicted molar refractivity (Wildman–Crippen MR) is 42.1 cm³/mol. The van der Waals surface area contributed by atoms with E-state index < -0.39 is 12.2 Å². The van der Waals surface area contributed by atoms with Crippen molar-refractivity contribution in [2.24, 2.45) is 11.8 Å². The summed E-state index contributed by atoms with van der Waals surface area (Å²) in [5.41, 5.74) is 0. The Hall–Kier alpha value is -0.0800. The van der Waals surface area contributed by atoms with E-state index in [9.17, 15) is 10.2 Å². The first-order valence-electron chi connectivity index (χ1n) is 4.63. The molecule has 2 saturated carbocycles. The van der Waals surface area contributed by atoms with Crippen LogP contribution >= 0.6 is 0 Å². The van der Waals surface area contributed by atoms with E-state index in [1.54, 1.807) is 0 Å². The zero-order valence-corrected chi connectivity index (χ0v) is 6.74. The number of rotatable bonds is 0. The maximum Gasteiger partial charge on any atom is 0.0802 e. The quantitative estimate of drug-likeness (QED) is 0.547. The van der Waals surface area contributed by atoms with Gasteiger partial charge in [-0.2, -0.15) is 0 Å². The minimum atomic E-state index is -0.436. The molecular formula is C9H16O2. The highest BCUT2D eigenvalue weighted by atomic mass is 16.3. The fourth-order valence-electron chi connectivity index (χ4n) is 2.67. The molecule has 0 saturated heterocycles. The van der Waals surface area contributed by atoms with E-state index in [1.807, 2.05) is 0 Å². The van der Waals surface area contributed by atoms with Crippen LogP contribution in [0.15, 0.2) is 0 Å². The standard InChI is InChI=1S/C9H16O2/c10-8-4-6-2-1-3-7(6)5-9(8)11/h6-11H,1-5H2. The van der Waals surface area contributed by atoms with Gasteiger partial charge in [-0.15, -0.1) is 0 Å². The van der Waals surface area contributed by atoms with Gasteiger partial charge in [-0.3, -0.25) is 0 Å². The van der Waals surface area contributed by atoms with Crippen LogP contribution in [-0.4, -0.2) is 22.4 Å². The second kappa shape index (κ2) is 2.76. The number of fused-ring (bicyclic) bond motifs is 1. The van der Waals surface area contributed by atoms with E-state index in [4.69, 9.17) is 0 Å². The Morgan fingerprint density at radius 2 is 1.27 bits per heavy atom. The van der Waals surface area contributed by atoms with E-state index in [2.05, 4.69) is 0 Å². The lowest BCUT2D eigenvalue weighted by atomic mass is 9.79. The van der Waals surface area contributed by atoms with Gasteiger partial charge >= 0.3 is 0 Å². The first kappa shape index (κ1) is 7.56. The molecule has 2 fully saturated rings. The summed E-state index contributed by atoms with van der Waals surface area (Å²) in [5.74, 6) is 1.43. The molecule has 2 heteroatoms. The van der Waals surface area contributed by atoms with Crippen LogP contribution in [-0.2, 0) is 0 Å². The van der Waals surface area contributed by atoms with Crippen molar-refractivity contribution in [3.8, 4) is 0 Å². The van der Waals surface area contributed by atoms with Crippen molar-refractivity contribution in [1.82, 2.24) is 0 Å². The number of aliphatic hydroxyl groups excluding tert-OH is 2. The molecule has 0 spiro atoms. The van der Waals surface area contributed by atoms with Gasteiger partial charge in [-0.25, -0.2) is 0 Å². The lowest BCUT2D eigenvalue weighted by molar-refractivity contribution is -0.0408. The summed E-state index contributed by atoms with van der Waals surface area (Å²) in [6, 6.07) is 0. The molecule has 0 aromatic heterocycles. The van der Waals surface area contributed by atoms with Crippen LogP contribution in [0.25, 0.3) is 0 Å². The Labute approximate surface area is 67.2 Å². The smallest absolute Gasteiger partial charge is 0.0802 e. The Balaban J connectivity index is 2.00. The van der Waals surface area contributed by atoms with Crippen molar-refractivity contribution >= 4 is 0 Å². The zero-order chi connectivity index (χ0) is 7.84. The molecule has 2 aliphatic rings. The van der Waals surface area contributed by atoms with Crippen LogP contribution in [0.5, 0.6) is 0 Å². The lowest BCUT2D eigenvalue weighted by Gasteiger charge is -2.32. The van der Waals surface area contributed by atoms with Gasteiger partial charge in [0.2, 0.25) is 0 Å². The fraction of sp³-hybridized carbons (Fsp3) is 1.00. The monoisotopic (exact) mass is 156 g/mol. The summed E-state index contributed by atoms with van der Waals surface area (Å²) in [6.07, 6.45) is 4.65. The van der Waals surface area contributed by atoms with Crippen LogP contribution in [0.2, 0.25) is 0 Å². The molecular weight excluding hydrogens is 140 g/mol. The van der Waals surface area contributed by atoms with Crippen LogP contribution in [0.1, 0.15) is 32.1 Å². The first-order valence-corrected chi connectivity index (χ1v) is 4.63. The number of hydrogen-bond acceptors (Lipinski definition) is 2. The third kappa shape index (κ3) is 1.30. The Kier molecular flexibility index (Phi) is 1.90. The van der Waals surface area contributed by atoms with Gasteiger partial charge in [0.05, 0.1) is 12.2 Å². The third-order valence-electron chi connectivity index (χ3n) is 3.35. The Morgan fingerprint density at radius 3 is 1.73 bits per heavy atom. The molecule has 0 radical (unpaired) electrons. The molecule has 0 aliphatic heterocycles. The summed E-state index contributed by atoms with van der Waals surface area (Å²) in [7, 11) is 0. The SMILES string of the molecule is OC1CC2CCCC2CC1O. The molecule has 0 aromatic carbocycles. The second-order valence-corrected chi connectivity index (χ2v) is 4.06. The topological polar surface area (TPSA) is 40.5 Å². The first-order chi connectivity index (χ1) is 5.27. The molecule has 2 nitrogen and oxygen atoms in total. The highest BCUT2D eigenvalue weighted by Gasteiger charge is 2.37. The Morgan fingerprint density at radius 1 is 0.818 bits per heavy atom. The minimum Gasteiger partial charge on any atom is -0.390 e. The molecule has 4 atom stereocenters. The summed E-state index contributed by atoms with van der Waals surface area (Å²) in [4.78, 5) is 0. The molecule has 4 unspecified atom stereocenters. The van der Waals surface area contributed by atoms with Crippen molar-refractivity contribution in [2.45, 2.75) is 44.3 Å². The van der Waals surface area contributed by atoms with Gasteiger partial charge in [0.25, 0.3) is 0 Å². The minimum absolute atomic E-state index is 0.436. The van der Waals surface area contributed by atoms with Crippen LogP contribution < -0.4 is 0 Å². The Bertz CT molecular complexity index is 130. The number of aliphatic hydroxyl groups is 2. The van der Waals surface area contributed by atoms with Crippen LogP contribution in [0.4, 0.5) is 0 Å². The molecule has 0 aromatic rings. The second-order valence-electron chi connectivity index (χ2n) is 4.06. The average molecular weight is 156 g/mol. The van der Waals surface area contributed by atoms with Gasteiger partial charge in [0.1, 0.15) is 0 Å². The fourth-order valence-corrected chi connectivity index (χ4v) is 2.67. The highest BCUT2D eigenvalue weighted by molar-refractivity contribution is 4.88. The maximum atomic E-state index is 9.37. The summed E-state index contributed by atoms with van der Waals surface area (Å²) < 4.78 is 0. The van der Waals surface area contributed by atoms with Crippen LogP contribution in [0, 0.1) is 11.8 Å². The van der Waals surface area contributed by atoms with Crippen molar-refractivity contribution in [1.29, 1.82) is 0 Å². The maximum absolute atomic E-state index is 9.37. The van der Waals surface area contributed by atoms with E-state index in [1.165, 1.54) is 19.3 Å². The molecule has 2 N–H and O–H groups in total. The van der Waals surface area contributed by atoms with E-state index >= 15 is 0 Å². The third-order valence-corrected chi connectivity index (χ3v) is 3.35. The van der Waals surface area contributed by atoms with E-state index in [0.717, 1.165) is 12.8 Å².